The van der Waals surface area contributed by atoms with Gasteiger partial charge in [-0.25, -0.2) is 5.43 Å². The van der Waals surface area contributed by atoms with Gasteiger partial charge in [-0.3, -0.25) is 5.84 Å². The molecule has 21 heavy (non-hydrogen) atoms. The van der Waals surface area contributed by atoms with Crippen molar-refractivity contribution in [2.24, 2.45) is 5.84 Å². The lowest BCUT2D eigenvalue weighted by Crippen LogP contribution is -2.30. The van der Waals surface area contributed by atoms with Crippen LogP contribution in [0.2, 0.25) is 0 Å². The zero-order valence-corrected chi connectivity index (χ0v) is 13.3. The van der Waals surface area contributed by atoms with Gasteiger partial charge in [-0.2, -0.15) is 0 Å². The number of hydrogen-bond donors (Lipinski definition) is 2. The highest BCUT2D eigenvalue weighted by Gasteiger charge is 2.30. The van der Waals surface area contributed by atoms with E-state index in [1.807, 2.05) is 0 Å². The van der Waals surface area contributed by atoms with E-state index in [0.29, 0.717) is 0 Å². The molecule has 5 nitrogen and oxygen atoms in total. The molecule has 3 N–H and O–H groups in total. The monoisotopic (exact) mass is 304 g/mol. The Morgan fingerprint density at radius 2 is 2.19 bits per heavy atom. The Morgan fingerprint density at radius 3 is 2.90 bits per heavy atom. The molecule has 1 aromatic carbocycles. The molecule has 0 amide bonds. The molecule has 112 valence electrons. The third-order valence-electron chi connectivity index (χ3n) is 3.71. The second-order valence-electron chi connectivity index (χ2n) is 6.27. The summed E-state index contributed by atoms with van der Waals surface area (Å²) in [5.74, 6) is 6.80. The quantitative estimate of drug-likeness (QED) is 0.672. The third kappa shape index (κ3) is 2.54. The molecular formula is C15H20N4OS. The molecule has 1 unspecified atom stereocenters. The zero-order valence-electron chi connectivity index (χ0n) is 12.5. The number of aromatic nitrogens is 2. The molecule has 0 spiro atoms. The van der Waals surface area contributed by atoms with Crippen LogP contribution >= 0.6 is 11.5 Å². The lowest BCUT2D eigenvalue weighted by Gasteiger charge is -2.22. The molecular weight excluding hydrogens is 284 g/mol. The van der Waals surface area contributed by atoms with Crippen molar-refractivity contribution in [2.75, 3.05) is 6.61 Å². The molecule has 0 radical (unpaired) electrons. The summed E-state index contributed by atoms with van der Waals surface area (Å²) in [6, 6.07) is 6.07. The Bertz CT molecular complexity index is 647. The van der Waals surface area contributed by atoms with E-state index in [4.69, 9.17) is 10.6 Å². The molecule has 1 aliphatic rings. The minimum absolute atomic E-state index is 0.0732. The smallest absolute Gasteiger partial charge is 0.127 e. The maximum absolute atomic E-state index is 5.85. The number of nitrogens with zero attached hydrogens (tertiary/aromatic N) is 2. The van der Waals surface area contributed by atoms with Gasteiger partial charge in [-0.15, -0.1) is 5.10 Å². The van der Waals surface area contributed by atoms with Gasteiger partial charge in [0.15, 0.2) is 0 Å². The third-order valence-corrected chi connectivity index (χ3v) is 4.50. The fourth-order valence-corrected chi connectivity index (χ4v) is 3.63. The highest BCUT2D eigenvalue weighted by atomic mass is 32.1. The van der Waals surface area contributed by atoms with E-state index >= 15 is 0 Å². The summed E-state index contributed by atoms with van der Waals surface area (Å²) in [5, 5.41) is 4.31. The molecule has 0 fully saturated rings. The Kier molecular flexibility index (Phi) is 3.69. The SMILES string of the molecule is CC(C)(C)c1nnsc1C(NN)c1cccc2c1OCC2. The number of hydrazine groups is 1. The minimum atomic E-state index is -0.146. The number of ether oxygens (including phenoxy) is 1. The van der Waals surface area contributed by atoms with Gasteiger partial charge in [-0.1, -0.05) is 43.5 Å². The molecule has 1 atom stereocenters. The van der Waals surface area contributed by atoms with Crippen molar-refractivity contribution in [3.63, 3.8) is 0 Å². The first-order valence-electron chi connectivity index (χ1n) is 7.06. The lowest BCUT2D eigenvalue weighted by atomic mass is 9.88. The van der Waals surface area contributed by atoms with Crippen molar-refractivity contribution in [2.45, 2.75) is 38.6 Å². The zero-order chi connectivity index (χ0) is 15.0. The number of hydrogen-bond acceptors (Lipinski definition) is 6. The number of para-hydroxylation sites is 1. The van der Waals surface area contributed by atoms with Crippen LogP contribution in [0.3, 0.4) is 0 Å². The maximum atomic E-state index is 5.85. The van der Waals surface area contributed by atoms with Crippen molar-refractivity contribution in [3.05, 3.63) is 39.9 Å². The molecule has 0 bridgehead atoms. The molecule has 1 aliphatic heterocycles. The number of rotatable bonds is 3. The number of benzene rings is 1. The molecule has 2 heterocycles. The van der Waals surface area contributed by atoms with Crippen molar-refractivity contribution in [1.82, 2.24) is 15.0 Å². The van der Waals surface area contributed by atoms with Gasteiger partial charge in [0.05, 0.1) is 23.2 Å². The van der Waals surface area contributed by atoms with E-state index in [9.17, 15) is 0 Å². The average molecular weight is 304 g/mol. The standard InChI is InChI=1S/C15H20N4OS/c1-15(2,3)14-13(21-19-18-14)11(17-16)10-6-4-5-9-7-8-20-12(9)10/h4-6,11,17H,7-8,16H2,1-3H3. The van der Waals surface area contributed by atoms with Gasteiger partial charge >= 0.3 is 0 Å². The van der Waals surface area contributed by atoms with Crippen molar-refractivity contribution in [1.29, 1.82) is 0 Å². The summed E-state index contributed by atoms with van der Waals surface area (Å²) < 4.78 is 9.94. The second kappa shape index (κ2) is 5.36. The predicted molar refractivity (Wildman–Crippen MR) is 83.4 cm³/mol. The molecule has 1 aromatic heterocycles. The largest absolute Gasteiger partial charge is 0.493 e. The van der Waals surface area contributed by atoms with Crippen LogP contribution in [0.25, 0.3) is 0 Å². The Balaban J connectivity index is 2.09. The van der Waals surface area contributed by atoms with Crippen LogP contribution in [0, 0.1) is 0 Å². The van der Waals surface area contributed by atoms with Gasteiger partial charge in [0.2, 0.25) is 0 Å². The normalized spacial score (nSPS) is 15.6. The molecule has 0 saturated carbocycles. The van der Waals surface area contributed by atoms with E-state index in [0.717, 1.165) is 34.9 Å². The van der Waals surface area contributed by atoms with E-state index < -0.39 is 0 Å². The first-order valence-corrected chi connectivity index (χ1v) is 7.83. The average Bonchev–Trinajstić information content (AvgIpc) is 3.07. The molecule has 0 aliphatic carbocycles. The van der Waals surface area contributed by atoms with Gasteiger partial charge in [-0.05, 0) is 17.1 Å². The molecule has 0 saturated heterocycles. The van der Waals surface area contributed by atoms with E-state index in [1.54, 1.807) is 0 Å². The Hall–Kier alpha value is -1.50. The maximum Gasteiger partial charge on any atom is 0.127 e. The van der Waals surface area contributed by atoms with Crippen LogP contribution in [-0.4, -0.2) is 16.2 Å². The van der Waals surface area contributed by atoms with Crippen molar-refractivity contribution < 1.29 is 4.74 Å². The summed E-state index contributed by atoms with van der Waals surface area (Å²) >= 11 is 1.39. The Morgan fingerprint density at radius 1 is 1.38 bits per heavy atom. The van der Waals surface area contributed by atoms with Crippen LogP contribution in [-0.2, 0) is 11.8 Å². The van der Waals surface area contributed by atoms with Crippen LogP contribution < -0.4 is 16.0 Å². The lowest BCUT2D eigenvalue weighted by molar-refractivity contribution is 0.350. The first-order chi connectivity index (χ1) is 10.0. The fraction of sp³-hybridized carbons (Fsp3) is 0.467. The summed E-state index contributed by atoms with van der Waals surface area (Å²) in [6.07, 6.45) is 0.952. The van der Waals surface area contributed by atoms with Crippen molar-refractivity contribution >= 4 is 11.5 Å². The summed E-state index contributed by atoms with van der Waals surface area (Å²) in [5.41, 5.74) is 6.12. The first kappa shape index (κ1) is 14.4. The number of nitrogens with two attached hydrogens (primary N) is 1. The van der Waals surface area contributed by atoms with Gasteiger partial charge in [0.25, 0.3) is 0 Å². The van der Waals surface area contributed by atoms with Crippen LogP contribution in [0.1, 0.15) is 48.5 Å². The summed E-state index contributed by atoms with van der Waals surface area (Å²) in [6.45, 7) is 7.13. The highest BCUT2D eigenvalue weighted by Crippen LogP contribution is 2.39. The number of nitrogens with one attached hydrogen (secondary N) is 1. The fourth-order valence-electron chi connectivity index (χ4n) is 2.68. The predicted octanol–water partition coefficient (Wildman–Crippen LogP) is 2.32. The second-order valence-corrected chi connectivity index (χ2v) is 7.06. The minimum Gasteiger partial charge on any atom is -0.493 e. The van der Waals surface area contributed by atoms with E-state index in [2.05, 4.69) is 54.0 Å². The van der Waals surface area contributed by atoms with Crippen LogP contribution in [0.5, 0.6) is 5.75 Å². The van der Waals surface area contributed by atoms with Gasteiger partial charge < -0.3 is 4.74 Å². The van der Waals surface area contributed by atoms with Gasteiger partial charge in [0, 0.05) is 17.4 Å². The summed E-state index contributed by atoms with van der Waals surface area (Å²) in [7, 11) is 0. The van der Waals surface area contributed by atoms with Gasteiger partial charge in [0.1, 0.15) is 5.75 Å². The van der Waals surface area contributed by atoms with Crippen LogP contribution in [0.4, 0.5) is 0 Å². The molecule has 2 aromatic rings. The molecule has 6 heteroatoms. The Labute approximate surface area is 128 Å². The van der Waals surface area contributed by atoms with E-state index in [-0.39, 0.29) is 11.5 Å². The highest BCUT2D eigenvalue weighted by molar-refractivity contribution is 7.05. The van der Waals surface area contributed by atoms with Crippen LogP contribution in [0.15, 0.2) is 18.2 Å². The topological polar surface area (TPSA) is 73.1 Å². The van der Waals surface area contributed by atoms with Crippen molar-refractivity contribution in [3.8, 4) is 5.75 Å². The number of fused-ring (bicyclic) bond motifs is 1. The molecule has 3 rings (SSSR count). The van der Waals surface area contributed by atoms with E-state index in [1.165, 1.54) is 17.1 Å². The summed E-state index contributed by atoms with van der Waals surface area (Å²) in [4.78, 5) is 1.05.